The topological polar surface area (TPSA) is 71.4 Å². The maximum absolute atomic E-state index is 14.7. The number of aliphatic carboxylic acids is 1. The molecule has 0 saturated heterocycles. The molecule has 232 valence electrons. The Morgan fingerprint density at radius 3 is 2.21 bits per heavy atom. The molecule has 6 rings (SSSR count). The van der Waals surface area contributed by atoms with Gasteiger partial charge in [-0.15, -0.1) is 0 Å². The van der Waals surface area contributed by atoms with Crippen molar-refractivity contribution in [1.29, 1.82) is 0 Å². The van der Waals surface area contributed by atoms with Crippen LogP contribution in [0.2, 0.25) is 0 Å². The van der Waals surface area contributed by atoms with Crippen molar-refractivity contribution in [3.63, 3.8) is 0 Å². The highest BCUT2D eigenvalue weighted by molar-refractivity contribution is 6.05. The summed E-state index contributed by atoms with van der Waals surface area (Å²) in [5.74, 6) is -0.201. The van der Waals surface area contributed by atoms with Gasteiger partial charge < -0.3 is 5.11 Å². The highest BCUT2D eigenvalue weighted by atomic mass is 16.4. The molecule has 0 radical (unpaired) electrons. The summed E-state index contributed by atoms with van der Waals surface area (Å²) in [4.78, 5) is 41.2. The second-order valence-electron chi connectivity index (χ2n) is 17.1. The van der Waals surface area contributed by atoms with Gasteiger partial charge in [0.2, 0.25) is 0 Å². The van der Waals surface area contributed by atoms with Crippen molar-refractivity contribution in [3.8, 4) is 0 Å². The van der Waals surface area contributed by atoms with Gasteiger partial charge in [-0.25, -0.2) is 0 Å². The second-order valence-corrected chi connectivity index (χ2v) is 17.1. The molecule has 5 aliphatic carbocycles. The fourth-order valence-corrected chi connectivity index (χ4v) is 11.4. The molecule has 1 aromatic rings. The quantitative estimate of drug-likeness (QED) is 0.360. The maximum Gasteiger partial charge on any atom is 0.309 e. The number of hydrogen-bond donors (Lipinski definition) is 1. The summed E-state index contributed by atoms with van der Waals surface area (Å²) in [6.07, 6.45) is 11.9. The summed E-state index contributed by atoms with van der Waals surface area (Å²) in [5.41, 5.74) is 2.38. The van der Waals surface area contributed by atoms with Gasteiger partial charge in [-0.05, 0) is 127 Å². The molecule has 0 unspecified atom stereocenters. The number of carboxylic acids is 1. The van der Waals surface area contributed by atoms with Gasteiger partial charge in [0.25, 0.3) is 0 Å². The first-order chi connectivity index (χ1) is 19.9. The van der Waals surface area contributed by atoms with Crippen molar-refractivity contribution in [2.24, 2.45) is 50.2 Å². The Labute approximate surface area is 258 Å². The number of benzene rings is 1. The Morgan fingerprint density at radius 1 is 0.930 bits per heavy atom. The van der Waals surface area contributed by atoms with Gasteiger partial charge in [0.1, 0.15) is 0 Å². The van der Waals surface area contributed by atoms with E-state index < -0.39 is 16.8 Å². The van der Waals surface area contributed by atoms with E-state index in [1.54, 1.807) is 0 Å². The average molecular weight is 585 g/mol. The Morgan fingerprint density at radius 2 is 1.58 bits per heavy atom. The third-order valence-corrected chi connectivity index (χ3v) is 14.4. The summed E-state index contributed by atoms with van der Waals surface area (Å²) in [7, 11) is 0. The van der Waals surface area contributed by atoms with E-state index in [1.807, 2.05) is 13.0 Å². The van der Waals surface area contributed by atoms with Crippen LogP contribution >= 0.6 is 0 Å². The second kappa shape index (κ2) is 9.51. The average Bonchev–Trinajstić information content (AvgIpc) is 2.94. The predicted octanol–water partition coefficient (Wildman–Crippen LogP) is 8.88. The van der Waals surface area contributed by atoms with E-state index in [1.165, 1.54) is 11.1 Å². The van der Waals surface area contributed by atoms with Crippen molar-refractivity contribution in [3.05, 3.63) is 52.6 Å². The van der Waals surface area contributed by atoms with Crippen molar-refractivity contribution < 1.29 is 19.5 Å². The summed E-state index contributed by atoms with van der Waals surface area (Å²) in [5, 5.41) is 10.2. The molecular formula is C39H52O4. The van der Waals surface area contributed by atoms with Gasteiger partial charge >= 0.3 is 5.97 Å². The third-order valence-electron chi connectivity index (χ3n) is 14.4. The molecule has 8 atom stereocenters. The predicted molar refractivity (Wildman–Crippen MR) is 171 cm³/mol. The summed E-state index contributed by atoms with van der Waals surface area (Å²) in [6.45, 7) is 17.7. The number of carbonyl (C=O) groups excluding carboxylic acids is 2. The molecule has 0 bridgehead atoms. The maximum atomic E-state index is 14.7. The minimum absolute atomic E-state index is 0.0351. The van der Waals surface area contributed by atoms with Crippen LogP contribution in [0.15, 0.2) is 41.5 Å². The van der Waals surface area contributed by atoms with E-state index in [4.69, 9.17) is 0 Å². The molecule has 0 heterocycles. The Hall–Kier alpha value is -2.49. The van der Waals surface area contributed by atoms with Gasteiger partial charge in [0.15, 0.2) is 11.6 Å². The monoisotopic (exact) mass is 584 g/mol. The van der Waals surface area contributed by atoms with E-state index in [2.05, 4.69) is 78.8 Å². The van der Waals surface area contributed by atoms with Gasteiger partial charge in [0.05, 0.1) is 5.41 Å². The number of rotatable bonds is 3. The smallest absolute Gasteiger partial charge is 0.309 e. The van der Waals surface area contributed by atoms with Gasteiger partial charge in [-0.2, -0.15) is 0 Å². The molecule has 0 aromatic heterocycles. The van der Waals surface area contributed by atoms with Crippen LogP contribution in [0, 0.1) is 50.2 Å². The first kappa shape index (κ1) is 30.5. The lowest BCUT2D eigenvalue weighted by Gasteiger charge is -2.70. The van der Waals surface area contributed by atoms with Crippen LogP contribution in [-0.4, -0.2) is 22.6 Å². The molecule has 4 heteroatoms. The molecule has 0 spiro atoms. The lowest BCUT2D eigenvalue weighted by atomic mass is 9.33. The SMILES string of the molecule is CCc1ccc(/C=C2\C[C@]3(C)[C@H]4C(=O)C=C5[C@@H]6C[C@@](C)(C(=O)O)CC[C@]6(C)CC[C@@]5(C)[C@]4(C)CC[C@H]3C(C)(C)C2=O)cc1. The normalized spacial score (nSPS) is 44.5. The van der Waals surface area contributed by atoms with Gasteiger partial charge in [-0.1, -0.05) is 78.3 Å². The number of carboxylic acid groups (broad SMARTS) is 1. The first-order valence-electron chi connectivity index (χ1n) is 16.8. The molecule has 0 aliphatic heterocycles. The van der Waals surface area contributed by atoms with Crippen LogP contribution in [0.1, 0.15) is 118 Å². The van der Waals surface area contributed by atoms with Crippen LogP contribution in [0.4, 0.5) is 0 Å². The van der Waals surface area contributed by atoms with Crippen LogP contribution < -0.4 is 0 Å². The first-order valence-corrected chi connectivity index (χ1v) is 16.8. The summed E-state index contributed by atoms with van der Waals surface area (Å²) >= 11 is 0. The van der Waals surface area contributed by atoms with Gasteiger partial charge in [0, 0.05) is 11.3 Å². The minimum Gasteiger partial charge on any atom is -0.481 e. The number of Topliss-reactive ketones (excluding diaryl/α,β-unsaturated/α-hetero) is 1. The van der Waals surface area contributed by atoms with Crippen molar-refractivity contribution in [1.82, 2.24) is 0 Å². The lowest BCUT2D eigenvalue weighted by Crippen LogP contribution is -2.66. The zero-order chi connectivity index (χ0) is 31.4. The van der Waals surface area contributed by atoms with Crippen LogP contribution in [0.5, 0.6) is 0 Å². The molecule has 4 nitrogen and oxygen atoms in total. The molecule has 4 saturated carbocycles. The number of fused-ring (bicyclic) bond motifs is 7. The zero-order valence-corrected chi connectivity index (χ0v) is 27.7. The Balaban J connectivity index is 1.45. The Bertz CT molecular complexity index is 1450. The third kappa shape index (κ3) is 4.10. The fraction of sp³-hybridized carbons (Fsp3) is 0.667. The lowest BCUT2D eigenvalue weighted by molar-refractivity contribution is -0.183. The fourth-order valence-electron chi connectivity index (χ4n) is 11.4. The molecule has 4 fully saturated rings. The number of allylic oxidation sites excluding steroid dienone is 3. The van der Waals surface area contributed by atoms with E-state index in [9.17, 15) is 19.5 Å². The molecule has 1 aromatic carbocycles. The van der Waals surface area contributed by atoms with Crippen LogP contribution in [-0.2, 0) is 20.8 Å². The van der Waals surface area contributed by atoms with Crippen molar-refractivity contribution >= 4 is 23.6 Å². The molecular weight excluding hydrogens is 532 g/mol. The zero-order valence-electron chi connectivity index (χ0n) is 27.7. The molecule has 43 heavy (non-hydrogen) atoms. The molecule has 0 amide bonds. The number of ketones is 2. The molecule has 5 aliphatic rings. The highest BCUT2D eigenvalue weighted by Crippen LogP contribution is 2.75. The van der Waals surface area contributed by atoms with E-state index in [-0.39, 0.29) is 51.0 Å². The number of aryl methyl sites for hydroxylation is 1. The van der Waals surface area contributed by atoms with Gasteiger partial charge in [-0.3, -0.25) is 14.4 Å². The number of hydrogen-bond acceptors (Lipinski definition) is 3. The van der Waals surface area contributed by atoms with Crippen molar-refractivity contribution in [2.45, 2.75) is 113 Å². The van der Waals surface area contributed by atoms with E-state index in [0.29, 0.717) is 19.3 Å². The van der Waals surface area contributed by atoms with E-state index in [0.717, 1.165) is 49.7 Å². The minimum atomic E-state index is -0.753. The van der Waals surface area contributed by atoms with E-state index >= 15 is 0 Å². The molecule has 1 N–H and O–H groups in total. The Kier molecular flexibility index (Phi) is 6.75. The summed E-state index contributed by atoms with van der Waals surface area (Å²) in [6, 6.07) is 8.51. The van der Waals surface area contributed by atoms with Crippen LogP contribution in [0.3, 0.4) is 0 Å². The summed E-state index contributed by atoms with van der Waals surface area (Å²) < 4.78 is 0. The highest BCUT2D eigenvalue weighted by Gasteiger charge is 2.70. The van der Waals surface area contributed by atoms with Crippen molar-refractivity contribution in [2.75, 3.05) is 0 Å². The standard InChI is InChI=1S/C39H52O4/c1-9-24-10-12-25(13-11-24)20-26-22-37(6)30(34(2,3)32(26)41)14-15-39(8)31(37)29(40)21-27-28-23-36(5,33(42)43)17-16-35(28,4)18-19-38(27,39)7/h10-13,20-21,28,30-31H,9,14-19,22-23H2,1-8H3,(H,42,43)/b26-20+/t28-,30-,31+,35+,36-,37-,38+,39+/m0/s1. The number of carbonyl (C=O) groups is 3. The largest absolute Gasteiger partial charge is 0.481 e. The van der Waals surface area contributed by atoms with Crippen LogP contribution in [0.25, 0.3) is 6.08 Å².